The van der Waals surface area contributed by atoms with E-state index in [0.29, 0.717) is 6.42 Å². The van der Waals surface area contributed by atoms with Crippen molar-refractivity contribution in [2.45, 2.75) is 57.7 Å². The minimum Gasteiger partial charge on any atom is -0.468 e. The molecular weight excluding hydrogens is 262 g/mol. The number of amides is 1. The van der Waals surface area contributed by atoms with Crippen LogP contribution in [0.25, 0.3) is 0 Å². The van der Waals surface area contributed by atoms with Gasteiger partial charge in [-0.2, -0.15) is 0 Å². The Hall–Kier alpha value is -1.59. The molecule has 2 aliphatic rings. The number of rotatable bonds is 1. The lowest BCUT2D eigenvalue weighted by atomic mass is 9.89. The quantitative estimate of drug-likeness (QED) is 0.539. The molecule has 2 aliphatic heterocycles. The van der Waals surface area contributed by atoms with Crippen molar-refractivity contribution in [1.29, 1.82) is 0 Å². The van der Waals surface area contributed by atoms with Crippen LogP contribution in [0.5, 0.6) is 0 Å². The third-order valence-electron chi connectivity index (χ3n) is 3.77. The maximum Gasteiger partial charge on any atom is 0.410 e. The summed E-state index contributed by atoms with van der Waals surface area (Å²) in [6, 6.07) is -0.577. The molecule has 1 amide bonds. The fourth-order valence-corrected chi connectivity index (χ4v) is 3.03. The zero-order valence-electron chi connectivity index (χ0n) is 12.3. The largest absolute Gasteiger partial charge is 0.468 e. The molecule has 0 radical (unpaired) electrons. The van der Waals surface area contributed by atoms with Gasteiger partial charge in [0.05, 0.1) is 13.2 Å². The smallest absolute Gasteiger partial charge is 0.410 e. The van der Waals surface area contributed by atoms with Crippen LogP contribution in [0.4, 0.5) is 4.79 Å². The van der Waals surface area contributed by atoms with Crippen molar-refractivity contribution in [2.75, 3.05) is 7.11 Å². The second kappa shape index (κ2) is 5.07. The van der Waals surface area contributed by atoms with Crippen molar-refractivity contribution in [3.05, 3.63) is 0 Å². The highest BCUT2D eigenvalue weighted by molar-refractivity contribution is 6.01. The Morgan fingerprint density at radius 3 is 2.45 bits per heavy atom. The number of hydrogen-bond acceptors (Lipinski definition) is 5. The number of esters is 1. The monoisotopic (exact) mass is 283 g/mol. The zero-order valence-corrected chi connectivity index (χ0v) is 12.3. The van der Waals surface area contributed by atoms with Gasteiger partial charge in [-0.25, -0.2) is 4.79 Å². The van der Waals surface area contributed by atoms with Crippen LogP contribution in [-0.4, -0.2) is 47.5 Å². The van der Waals surface area contributed by atoms with Gasteiger partial charge in [-0.3, -0.25) is 9.59 Å². The molecule has 2 bridgehead atoms. The first-order chi connectivity index (χ1) is 9.24. The summed E-state index contributed by atoms with van der Waals surface area (Å²) >= 11 is 0. The summed E-state index contributed by atoms with van der Waals surface area (Å²) in [5.41, 5.74) is -0.598. The lowest BCUT2D eigenvalue weighted by Gasteiger charge is -2.38. The highest BCUT2D eigenvalue weighted by atomic mass is 16.6. The van der Waals surface area contributed by atoms with Gasteiger partial charge in [0.1, 0.15) is 11.5 Å². The van der Waals surface area contributed by atoms with Crippen molar-refractivity contribution in [3.63, 3.8) is 0 Å². The van der Waals surface area contributed by atoms with Crippen LogP contribution < -0.4 is 0 Å². The predicted molar refractivity (Wildman–Crippen MR) is 70.0 cm³/mol. The average molecular weight is 283 g/mol. The molecule has 2 saturated heterocycles. The zero-order chi connectivity index (χ0) is 15.1. The first kappa shape index (κ1) is 14.8. The number of carbonyl (C=O) groups is 3. The van der Waals surface area contributed by atoms with Crippen LogP contribution in [0.2, 0.25) is 0 Å². The standard InChI is InChI=1S/C14H21NO5/c1-14(2,3)20-13(18)15-8-5-6-9(15)11(10(16)7-8)12(17)19-4/h8-9,11H,5-7H2,1-4H3/t8-,9-,11?/m1/s1. The summed E-state index contributed by atoms with van der Waals surface area (Å²) in [5, 5.41) is 0. The Balaban J connectivity index is 2.21. The van der Waals surface area contributed by atoms with E-state index < -0.39 is 29.6 Å². The maximum atomic E-state index is 12.3. The molecule has 0 saturated carbocycles. The third-order valence-corrected chi connectivity index (χ3v) is 3.77. The van der Waals surface area contributed by atoms with E-state index in [4.69, 9.17) is 9.47 Å². The Morgan fingerprint density at radius 1 is 1.25 bits per heavy atom. The van der Waals surface area contributed by atoms with Gasteiger partial charge in [0.2, 0.25) is 0 Å². The molecule has 0 aromatic rings. The molecule has 6 nitrogen and oxygen atoms in total. The second-order valence-electron chi connectivity index (χ2n) is 6.36. The molecule has 2 heterocycles. The number of methoxy groups -OCH3 is 1. The van der Waals surface area contributed by atoms with E-state index in [9.17, 15) is 14.4 Å². The van der Waals surface area contributed by atoms with Crippen molar-refractivity contribution in [3.8, 4) is 0 Å². The number of ether oxygens (including phenoxy) is 2. The highest BCUT2D eigenvalue weighted by Gasteiger charge is 2.53. The SMILES string of the molecule is COC(=O)C1C(=O)C[C@H]2CC[C@H]1N2C(=O)OC(C)(C)C. The second-order valence-corrected chi connectivity index (χ2v) is 6.36. The Labute approximate surface area is 118 Å². The fraction of sp³-hybridized carbons (Fsp3) is 0.786. The molecule has 0 aromatic heterocycles. The molecule has 6 heteroatoms. The fourth-order valence-electron chi connectivity index (χ4n) is 3.03. The van der Waals surface area contributed by atoms with Gasteiger partial charge in [-0.1, -0.05) is 0 Å². The van der Waals surface area contributed by atoms with E-state index in [1.54, 1.807) is 25.7 Å². The minimum atomic E-state index is -0.869. The van der Waals surface area contributed by atoms with Crippen LogP contribution in [-0.2, 0) is 19.1 Å². The lowest BCUT2D eigenvalue weighted by Crippen LogP contribution is -2.55. The molecule has 0 aliphatic carbocycles. The van der Waals surface area contributed by atoms with Crippen molar-refractivity contribution in [1.82, 2.24) is 4.90 Å². The summed E-state index contributed by atoms with van der Waals surface area (Å²) in [4.78, 5) is 37.7. The maximum absolute atomic E-state index is 12.3. The number of hydrogen-bond donors (Lipinski definition) is 0. The van der Waals surface area contributed by atoms with Gasteiger partial charge in [-0.15, -0.1) is 0 Å². The predicted octanol–water partition coefficient (Wildman–Crippen LogP) is 1.52. The van der Waals surface area contributed by atoms with E-state index in [1.807, 2.05) is 0 Å². The van der Waals surface area contributed by atoms with Gasteiger partial charge in [0, 0.05) is 12.5 Å². The first-order valence-electron chi connectivity index (χ1n) is 6.86. The molecule has 0 aromatic carbocycles. The summed E-state index contributed by atoms with van der Waals surface area (Å²) in [6.45, 7) is 5.37. The van der Waals surface area contributed by atoms with Gasteiger partial charge in [-0.05, 0) is 33.6 Å². The number of piperidine rings is 1. The molecule has 2 fully saturated rings. The van der Waals surface area contributed by atoms with Gasteiger partial charge in [0.25, 0.3) is 0 Å². The molecule has 3 atom stereocenters. The minimum absolute atomic E-state index is 0.135. The summed E-state index contributed by atoms with van der Waals surface area (Å²) in [6.07, 6.45) is 1.11. The first-order valence-corrected chi connectivity index (χ1v) is 6.86. The summed E-state index contributed by atoms with van der Waals surface area (Å²) < 4.78 is 10.1. The normalized spacial score (nSPS) is 29.3. The van der Waals surface area contributed by atoms with Crippen molar-refractivity contribution in [2.24, 2.45) is 5.92 Å². The highest BCUT2D eigenvalue weighted by Crippen LogP contribution is 2.38. The van der Waals surface area contributed by atoms with Crippen LogP contribution in [0, 0.1) is 5.92 Å². The topological polar surface area (TPSA) is 72.9 Å². The number of carbonyl (C=O) groups excluding carboxylic acids is 3. The Morgan fingerprint density at radius 2 is 1.90 bits per heavy atom. The van der Waals surface area contributed by atoms with Gasteiger partial charge in [0.15, 0.2) is 5.78 Å². The summed E-state index contributed by atoms with van der Waals surface area (Å²) in [7, 11) is 1.26. The number of nitrogens with zero attached hydrogens (tertiary/aromatic N) is 1. The Bertz CT molecular complexity index is 439. The van der Waals surface area contributed by atoms with Crippen LogP contribution in [0.1, 0.15) is 40.0 Å². The third kappa shape index (κ3) is 2.64. The molecule has 0 N–H and O–H groups in total. The molecule has 112 valence electrons. The Kier molecular flexibility index (Phi) is 3.75. The van der Waals surface area contributed by atoms with Crippen LogP contribution in [0.3, 0.4) is 0 Å². The van der Waals surface area contributed by atoms with Gasteiger partial charge >= 0.3 is 12.1 Å². The number of Topliss-reactive ketones (excluding diaryl/α,β-unsaturated/α-hetero) is 1. The van der Waals surface area contributed by atoms with E-state index in [0.717, 1.165) is 6.42 Å². The molecule has 0 spiro atoms. The lowest BCUT2D eigenvalue weighted by molar-refractivity contribution is -0.154. The average Bonchev–Trinajstić information content (AvgIpc) is 2.63. The van der Waals surface area contributed by atoms with Gasteiger partial charge < -0.3 is 14.4 Å². The van der Waals surface area contributed by atoms with Crippen molar-refractivity contribution >= 4 is 17.8 Å². The van der Waals surface area contributed by atoms with E-state index in [2.05, 4.69) is 0 Å². The number of ketones is 1. The molecule has 20 heavy (non-hydrogen) atoms. The molecular formula is C14H21NO5. The van der Waals surface area contributed by atoms with E-state index in [1.165, 1.54) is 7.11 Å². The van der Waals surface area contributed by atoms with Crippen LogP contribution in [0.15, 0.2) is 0 Å². The van der Waals surface area contributed by atoms with Crippen molar-refractivity contribution < 1.29 is 23.9 Å². The summed E-state index contributed by atoms with van der Waals surface area (Å²) in [5.74, 6) is -1.57. The van der Waals surface area contributed by atoms with E-state index in [-0.39, 0.29) is 18.2 Å². The van der Waals surface area contributed by atoms with E-state index >= 15 is 0 Å². The molecule has 1 unspecified atom stereocenters. The molecule has 2 rings (SSSR count). The van der Waals surface area contributed by atoms with Crippen LogP contribution >= 0.6 is 0 Å². The number of fused-ring (bicyclic) bond motifs is 2.